The smallest absolute Gasteiger partial charge is 0.338 e. The van der Waals surface area contributed by atoms with Crippen LogP contribution in [0.4, 0.5) is 9.80 Å². The summed E-state index contributed by atoms with van der Waals surface area (Å²) in [5.74, 6) is -1.07. The molecule has 0 unspecified atom stereocenters. The molecule has 7 heteroatoms. The first-order valence-electron chi connectivity index (χ1n) is 5.66. The van der Waals surface area contributed by atoms with E-state index in [1.807, 2.05) is 6.07 Å². The van der Waals surface area contributed by atoms with Gasteiger partial charge in [0, 0.05) is 11.6 Å². The van der Waals surface area contributed by atoms with Crippen molar-refractivity contribution < 1.29 is 14.7 Å². The predicted molar refractivity (Wildman–Crippen MR) is 78.6 cm³/mol. The zero-order valence-corrected chi connectivity index (χ0v) is 11.8. The highest BCUT2D eigenvalue weighted by atomic mass is 35.5. The van der Waals surface area contributed by atoms with Gasteiger partial charge in [-0.3, -0.25) is 5.32 Å². The monoisotopic (exact) mass is 310 g/mol. The van der Waals surface area contributed by atoms with Gasteiger partial charge in [-0.2, -0.15) is 0 Å². The van der Waals surface area contributed by atoms with E-state index in [0.29, 0.717) is 16.6 Å². The lowest BCUT2D eigenvalue weighted by Gasteiger charge is -2.07. The Hall–Kier alpha value is -2.05. The molecule has 0 radical (unpaired) electrons. The Bertz CT molecular complexity index is 642. The van der Waals surface area contributed by atoms with Crippen molar-refractivity contribution >= 4 is 39.9 Å². The Balaban J connectivity index is 1.93. The van der Waals surface area contributed by atoms with Crippen LogP contribution in [0, 0.1) is 0 Å². The standard InChI is InChI=1S/C13H11ClN2O3S/c14-9-3-1-2-8(6-9)7-15-13(19)16-11-10(12(17)18)4-5-20-11/h1-6H,7H2,(H,17,18)(H2,15,16,19). The van der Waals surface area contributed by atoms with E-state index in [1.54, 1.807) is 23.6 Å². The van der Waals surface area contributed by atoms with Crippen LogP contribution in [0.25, 0.3) is 0 Å². The summed E-state index contributed by atoms with van der Waals surface area (Å²) >= 11 is 7.00. The molecular formula is C13H11ClN2O3S. The average Bonchev–Trinajstić information content (AvgIpc) is 2.85. The molecule has 0 aliphatic carbocycles. The van der Waals surface area contributed by atoms with Gasteiger partial charge in [-0.15, -0.1) is 11.3 Å². The zero-order chi connectivity index (χ0) is 14.5. The Labute approximate surface area is 124 Å². The number of thiophene rings is 1. The third-order valence-electron chi connectivity index (χ3n) is 2.46. The van der Waals surface area contributed by atoms with Gasteiger partial charge in [0.1, 0.15) is 5.00 Å². The maximum atomic E-state index is 11.7. The van der Waals surface area contributed by atoms with E-state index in [9.17, 15) is 9.59 Å². The number of anilines is 1. The first-order valence-corrected chi connectivity index (χ1v) is 6.92. The first kappa shape index (κ1) is 14.4. The third-order valence-corrected chi connectivity index (χ3v) is 3.53. The summed E-state index contributed by atoms with van der Waals surface area (Å²) < 4.78 is 0. The van der Waals surface area contributed by atoms with E-state index in [0.717, 1.165) is 16.9 Å². The minimum Gasteiger partial charge on any atom is -0.478 e. The second-order valence-electron chi connectivity index (χ2n) is 3.91. The second-order valence-corrected chi connectivity index (χ2v) is 5.26. The number of amides is 2. The number of carbonyl (C=O) groups is 2. The van der Waals surface area contributed by atoms with Crippen LogP contribution in [0.15, 0.2) is 35.7 Å². The van der Waals surface area contributed by atoms with Crippen molar-refractivity contribution in [2.24, 2.45) is 0 Å². The highest BCUT2D eigenvalue weighted by molar-refractivity contribution is 7.14. The molecule has 2 aromatic rings. The fourth-order valence-corrected chi connectivity index (χ4v) is 2.54. The topological polar surface area (TPSA) is 78.4 Å². The lowest BCUT2D eigenvalue weighted by atomic mass is 10.2. The number of rotatable bonds is 4. The molecule has 5 nitrogen and oxygen atoms in total. The summed E-state index contributed by atoms with van der Waals surface area (Å²) in [4.78, 5) is 22.6. The van der Waals surface area contributed by atoms with Crippen LogP contribution in [0.2, 0.25) is 5.02 Å². The Morgan fingerprint density at radius 2 is 2.10 bits per heavy atom. The van der Waals surface area contributed by atoms with E-state index >= 15 is 0 Å². The zero-order valence-electron chi connectivity index (χ0n) is 10.2. The molecular weight excluding hydrogens is 300 g/mol. The molecule has 0 fully saturated rings. The second kappa shape index (κ2) is 6.40. The van der Waals surface area contributed by atoms with Gasteiger partial charge >= 0.3 is 12.0 Å². The molecule has 1 aromatic heterocycles. The number of carbonyl (C=O) groups excluding carboxylic acids is 1. The molecule has 3 N–H and O–H groups in total. The van der Waals surface area contributed by atoms with Crippen LogP contribution in [0.3, 0.4) is 0 Å². The Morgan fingerprint density at radius 1 is 1.30 bits per heavy atom. The van der Waals surface area contributed by atoms with Gasteiger partial charge in [0.2, 0.25) is 0 Å². The van der Waals surface area contributed by atoms with Gasteiger partial charge in [0.25, 0.3) is 0 Å². The summed E-state index contributed by atoms with van der Waals surface area (Å²) in [6, 6.07) is 8.10. The SMILES string of the molecule is O=C(NCc1cccc(Cl)c1)Nc1sccc1C(=O)O. The summed E-state index contributed by atoms with van der Waals surface area (Å²) in [5.41, 5.74) is 0.935. The summed E-state index contributed by atoms with van der Waals surface area (Å²) in [5, 5.41) is 16.6. The summed E-state index contributed by atoms with van der Waals surface area (Å²) in [6.07, 6.45) is 0. The Kier molecular flexibility index (Phi) is 4.60. The van der Waals surface area contributed by atoms with Crippen LogP contribution in [0.5, 0.6) is 0 Å². The van der Waals surface area contributed by atoms with Crippen LogP contribution >= 0.6 is 22.9 Å². The molecule has 0 spiro atoms. The van der Waals surface area contributed by atoms with Crippen LogP contribution < -0.4 is 10.6 Å². The maximum Gasteiger partial charge on any atom is 0.338 e. The molecule has 0 atom stereocenters. The van der Waals surface area contributed by atoms with Gasteiger partial charge in [0.15, 0.2) is 0 Å². The van der Waals surface area contributed by atoms with Gasteiger partial charge in [0.05, 0.1) is 5.56 Å². The molecule has 1 aromatic carbocycles. The molecule has 20 heavy (non-hydrogen) atoms. The number of hydrogen-bond acceptors (Lipinski definition) is 3. The highest BCUT2D eigenvalue weighted by Gasteiger charge is 2.13. The third kappa shape index (κ3) is 3.72. The fraction of sp³-hybridized carbons (Fsp3) is 0.0769. The number of urea groups is 1. The van der Waals surface area contributed by atoms with E-state index in [1.165, 1.54) is 6.07 Å². The van der Waals surface area contributed by atoms with Crippen molar-refractivity contribution in [2.75, 3.05) is 5.32 Å². The van der Waals surface area contributed by atoms with Gasteiger partial charge in [-0.05, 0) is 29.1 Å². The molecule has 2 amide bonds. The number of hydrogen-bond donors (Lipinski definition) is 3. The largest absolute Gasteiger partial charge is 0.478 e. The van der Waals surface area contributed by atoms with Gasteiger partial charge < -0.3 is 10.4 Å². The van der Waals surface area contributed by atoms with Crippen LogP contribution in [-0.4, -0.2) is 17.1 Å². The quantitative estimate of drug-likeness (QED) is 0.809. The van der Waals surface area contributed by atoms with Crippen molar-refractivity contribution in [1.29, 1.82) is 0 Å². The normalized spacial score (nSPS) is 10.1. The van der Waals surface area contributed by atoms with E-state index < -0.39 is 12.0 Å². The number of aromatic carboxylic acids is 1. The molecule has 0 saturated carbocycles. The number of carboxylic acid groups (broad SMARTS) is 1. The lowest BCUT2D eigenvalue weighted by molar-refractivity contribution is 0.0698. The Morgan fingerprint density at radius 3 is 2.80 bits per heavy atom. The van der Waals surface area contributed by atoms with E-state index in [2.05, 4.69) is 10.6 Å². The minimum absolute atomic E-state index is 0.0768. The highest BCUT2D eigenvalue weighted by Crippen LogP contribution is 2.22. The molecule has 1 heterocycles. The van der Waals surface area contributed by atoms with Crippen molar-refractivity contribution in [2.45, 2.75) is 6.54 Å². The number of halogens is 1. The molecule has 2 rings (SSSR count). The predicted octanol–water partition coefficient (Wildman–Crippen LogP) is 3.42. The first-order chi connectivity index (χ1) is 9.56. The summed E-state index contributed by atoms with van der Waals surface area (Å²) in [7, 11) is 0. The molecule has 104 valence electrons. The van der Waals surface area contributed by atoms with Gasteiger partial charge in [-0.25, -0.2) is 9.59 Å². The van der Waals surface area contributed by atoms with Gasteiger partial charge in [-0.1, -0.05) is 23.7 Å². The van der Waals surface area contributed by atoms with E-state index in [4.69, 9.17) is 16.7 Å². The van der Waals surface area contributed by atoms with Crippen molar-refractivity contribution in [3.8, 4) is 0 Å². The maximum absolute atomic E-state index is 11.7. The average molecular weight is 311 g/mol. The lowest BCUT2D eigenvalue weighted by Crippen LogP contribution is -2.28. The number of carboxylic acids is 1. The van der Waals surface area contributed by atoms with E-state index in [-0.39, 0.29) is 5.56 Å². The van der Waals surface area contributed by atoms with Crippen molar-refractivity contribution in [1.82, 2.24) is 5.32 Å². The number of benzene rings is 1. The van der Waals surface area contributed by atoms with Crippen molar-refractivity contribution in [3.63, 3.8) is 0 Å². The molecule has 0 aliphatic rings. The fourth-order valence-electron chi connectivity index (χ4n) is 1.55. The molecule has 0 aliphatic heterocycles. The van der Waals surface area contributed by atoms with Crippen molar-refractivity contribution in [3.05, 3.63) is 51.9 Å². The van der Waals surface area contributed by atoms with Crippen LogP contribution in [-0.2, 0) is 6.54 Å². The molecule has 0 saturated heterocycles. The number of nitrogens with one attached hydrogen (secondary N) is 2. The minimum atomic E-state index is -1.07. The summed E-state index contributed by atoms with van der Waals surface area (Å²) in [6.45, 7) is 0.306. The van der Waals surface area contributed by atoms with Crippen LogP contribution in [0.1, 0.15) is 15.9 Å². The molecule has 0 bridgehead atoms.